The average Bonchev–Trinajstić information content (AvgIpc) is 3.48. The number of benzene rings is 2. The van der Waals surface area contributed by atoms with Crippen molar-refractivity contribution in [1.29, 1.82) is 0 Å². The lowest BCUT2D eigenvalue weighted by Crippen LogP contribution is -2.33. The summed E-state index contributed by atoms with van der Waals surface area (Å²) in [6, 6.07) is 9.96. The van der Waals surface area contributed by atoms with E-state index in [1.165, 1.54) is 0 Å². The number of imidazole rings is 1. The molecule has 0 bridgehead atoms. The minimum absolute atomic E-state index is 0.0407. The fourth-order valence-corrected chi connectivity index (χ4v) is 3.89. The fourth-order valence-electron chi connectivity index (χ4n) is 3.72. The molecule has 0 aliphatic carbocycles. The summed E-state index contributed by atoms with van der Waals surface area (Å²) in [7, 11) is 0. The molecule has 2 aromatic carbocycles. The van der Waals surface area contributed by atoms with Crippen molar-refractivity contribution in [3.05, 3.63) is 88.7 Å². The van der Waals surface area contributed by atoms with Crippen LogP contribution in [0.5, 0.6) is 0 Å². The van der Waals surface area contributed by atoms with Crippen molar-refractivity contribution in [1.82, 2.24) is 20.2 Å². The number of hydrogen-bond donors (Lipinski definition) is 2. The Balaban J connectivity index is 1.53. The van der Waals surface area contributed by atoms with E-state index in [4.69, 9.17) is 16.3 Å². The van der Waals surface area contributed by atoms with Crippen molar-refractivity contribution in [2.24, 2.45) is 0 Å². The average molecular weight is 465 g/mol. The van der Waals surface area contributed by atoms with Crippen molar-refractivity contribution in [3.8, 4) is 0 Å². The molecule has 33 heavy (non-hydrogen) atoms. The number of carbonyl (C=O) groups excluding carboxylic acids is 2. The Labute approximate surface area is 197 Å². The molecule has 0 radical (unpaired) electrons. The summed E-state index contributed by atoms with van der Waals surface area (Å²) < 4.78 is 5.61. The number of hydrogen-bond acceptors (Lipinski definition) is 4. The highest BCUT2D eigenvalue weighted by atomic mass is 35.5. The lowest BCUT2D eigenvalue weighted by molar-refractivity contribution is 0.0797. The summed E-state index contributed by atoms with van der Waals surface area (Å²) >= 11 is 6.08. The van der Waals surface area contributed by atoms with Crippen LogP contribution in [0, 0.1) is 6.92 Å². The van der Waals surface area contributed by atoms with E-state index in [1.54, 1.807) is 41.3 Å². The molecule has 0 saturated heterocycles. The summed E-state index contributed by atoms with van der Waals surface area (Å²) in [5.74, 6) is 0.237. The molecule has 3 aromatic rings. The summed E-state index contributed by atoms with van der Waals surface area (Å²) in [5.41, 5.74) is 3.31. The molecule has 4 rings (SSSR count). The first kappa shape index (κ1) is 22.8. The van der Waals surface area contributed by atoms with Crippen molar-refractivity contribution in [3.63, 3.8) is 0 Å². The van der Waals surface area contributed by atoms with Crippen LogP contribution >= 0.6 is 11.6 Å². The zero-order valence-electron chi connectivity index (χ0n) is 18.3. The molecule has 170 valence electrons. The van der Waals surface area contributed by atoms with Crippen molar-refractivity contribution in [2.45, 2.75) is 13.0 Å². The second-order valence-corrected chi connectivity index (χ2v) is 8.28. The SMILES string of the molecule is C=CCOC[C@H](NC(=O)c1ccc(C(=O)N2CC=CC2)c(C)c1)c1nc2cc(Cl)ccc2[nH]1. The Morgan fingerprint density at radius 2 is 2.06 bits per heavy atom. The molecule has 0 unspecified atom stereocenters. The second-order valence-electron chi connectivity index (χ2n) is 7.85. The van der Waals surface area contributed by atoms with E-state index in [1.807, 2.05) is 25.1 Å². The number of aryl methyl sites for hydroxylation is 1. The predicted molar refractivity (Wildman–Crippen MR) is 129 cm³/mol. The van der Waals surface area contributed by atoms with E-state index in [0.717, 1.165) is 11.1 Å². The van der Waals surface area contributed by atoms with Gasteiger partial charge in [-0.2, -0.15) is 0 Å². The first-order valence-electron chi connectivity index (χ1n) is 10.7. The van der Waals surface area contributed by atoms with E-state index >= 15 is 0 Å². The molecule has 0 fully saturated rings. The van der Waals surface area contributed by atoms with Crippen LogP contribution in [0.4, 0.5) is 0 Å². The van der Waals surface area contributed by atoms with Crippen LogP contribution in [-0.2, 0) is 4.74 Å². The molecule has 2 amide bonds. The molecule has 0 spiro atoms. The van der Waals surface area contributed by atoms with Gasteiger partial charge in [0.2, 0.25) is 0 Å². The van der Waals surface area contributed by atoms with Crippen LogP contribution < -0.4 is 5.32 Å². The number of aromatic amines is 1. The highest BCUT2D eigenvalue weighted by molar-refractivity contribution is 6.31. The van der Waals surface area contributed by atoms with E-state index in [0.29, 0.717) is 47.2 Å². The fraction of sp³-hybridized carbons (Fsp3) is 0.240. The first-order valence-corrected chi connectivity index (χ1v) is 11.0. The molecule has 1 aliphatic heterocycles. The number of aromatic nitrogens is 2. The Morgan fingerprint density at radius 1 is 1.27 bits per heavy atom. The highest BCUT2D eigenvalue weighted by Crippen LogP contribution is 2.21. The van der Waals surface area contributed by atoms with Gasteiger partial charge in [-0.1, -0.05) is 29.8 Å². The van der Waals surface area contributed by atoms with Gasteiger partial charge in [0, 0.05) is 29.2 Å². The summed E-state index contributed by atoms with van der Waals surface area (Å²) in [6.45, 7) is 7.26. The minimum atomic E-state index is -0.513. The number of halogens is 1. The largest absolute Gasteiger partial charge is 0.375 e. The third-order valence-corrected chi connectivity index (χ3v) is 5.68. The zero-order valence-corrected chi connectivity index (χ0v) is 19.1. The maximum Gasteiger partial charge on any atom is 0.254 e. The Morgan fingerprint density at radius 3 is 2.79 bits per heavy atom. The maximum absolute atomic E-state index is 13.1. The standard InChI is InChI=1S/C25H25ClN4O3/c1-3-12-33-15-22(23-27-20-9-7-18(26)14-21(20)28-23)29-24(31)17-6-8-19(16(2)13-17)25(32)30-10-4-5-11-30/h3-9,13-14,22H,1,10-12,15H2,2H3,(H,27,28)(H,29,31)/t22-/m0/s1. The van der Waals surface area contributed by atoms with Crippen LogP contribution in [0.25, 0.3) is 11.0 Å². The van der Waals surface area contributed by atoms with Crippen LogP contribution in [0.2, 0.25) is 5.02 Å². The molecule has 1 aliphatic rings. The molecule has 1 aromatic heterocycles. The van der Waals surface area contributed by atoms with Crippen molar-refractivity contribution >= 4 is 34.4 Å². The van der Waals surface area contributed by atoms with Gasteiger partial charge < -0.3 is 19.9 Å². The summed E-state index contributed by atoms with van der Waals surface area (Å²) in [4.78, 5) is 35.3. The minimum Gasteiger partial charge on any atom is -0.375 e. The van der Waals surface area contributed by atoms with Gasteiger partial charge in [-0.15, -0.1) is 6.58 Å². The molecule has 8 heteroatoms. The highest BCUT2D eigenvalue weighted by Gasteiger charge is 2.22. The molecular formula is C25H25ClN4O3. The zero-order chi connectivity index (χ0) is 23.4. The predicted octanol–water partition coefficient (Wildman–Crippen LogP) is 4.21. The van der Waals surface area contributed by atoms with Gasteiger partial charge in [0.25, 0.3) is 11.8 Å². The van der Waals surface area contributed by atoms with Crippen LogP contribution in [0.1, 0.15) is 38.1 Å². The van der Waals surface area contributed by atoms with Crippen LogP contribution in [0.15, 0.2) is 61.2 Å². The Kier molecular flexibility index (Phi) is 6.91. The van der Waals surface area contributed by atoms with Gasteiger partial charge >= 0.3 is 0 Å². The van der Waals surface area contributed by atoms with E-state index < -0.39 is 6.04 Å². The second kappa shape index (κ2) is 10.0. The molecule has 2 N–H and O–H groups in total. The third kappa shape index (κ3) is 5.16. The molecular weight excluding hydrogens is 440 g/mol. The number of nitrogens with zero attached hydrogens (tertiary/aromatic N) is 2. The first-order chi connectivity index (χ1) is 16.0. The molecule has 7 nitrogen and oxygen atoms in total. The number of H-pyrrole nitrogens is 1. The lowest BCUT2D eigenvalue weighted by Gasteiger charge is -2.19. The van der Waals surface area contributed by atoms with Gasteiger partial charge in [0.05, 0.1) is 24.2 Å². The number of amides is 2. The Bertz CT molecular complexity index is 1230. The smallest absolute Gasteiger partial charge is 0.254 e. The topological polar surface area (TPSA) is 87.3 Å². The monoisotopic (exact) mass is 464 g/mol. The normalized spacial score (nSPS) is 13.9. The lowest BCUT2D eigenvalue weighted by atomic mass is 10.0. The number of nitrogens with one attached hydrogen (secondary N) is 2. The third-order valence-electron chi connectivity index (χ3n) is 5.44. The number of carbonyl (C=O) groups is 2. The van der Waals surface area contributed by atoms with Gasteiger partial charge in [-0.05, 0) is 48.9 Å². The van der Waals surface area contributed by atoms with Crippen LogP contribution in [-0.4, -0.2) is 53.0 Å². The summed E-state index contributed by atoms with van der Waals surface area (Å²) in [6.07, 6.45) is 5.58. The molecule has 1 atom stereocenters. The number of fused-ring (bicyclic) bond motifs is 1. The van der Waals surface area contributed by atoms with Gasteiger partial charge in [0.15, 0.2) is 0 Å². The summed E-state index contributed by atoms with van der Waals surface area (Å²) in [5, 5.41) is 3.57. The van der Waals surface area contributed by atoms with Crippen molar-refractivity contribution < 1.29 is 14.3 Å². The number of ether oxygens (including phenoxy) is 1. The van der Waals surface area contributed by atoms with Gasteiger partial charge in [0.1, 0.15) is 11.9 Å². The Hall–Kier alpha value is -3.42. The van der Waals surface area contributed by atoms with Gasteiger partial charge in [-0.3, -0.25) is 9.59 Å². The maximum atomic E-state index is 13.1. The van der Waals surface area contributed by atoms with Gasteiger partial charge in [-0.25, -0.2) is 4.98 Å². The van der Waals surface area contributed by atoms with E-state index in [2.05, 4.69) is 21.9 Å². The van der Waals surface area contributed by atoms with E-state index in [9.17, 15) is 9.59 Å². The number of rotatable bonds is 8. The molecule has 2 heterocycles. The quantitative estimate of drug-likeness (QED) is 0.386. The van der Waals surface area contributed by atoms with Crippen molar-refractivity contribution in [2.75, 3.05) is 26.3 Å². The van der Waals surface area contributed by atoms with E-state index in [-0.39, 0.29) is 18.4 Å². The molecule has 0 saturated carbocycles. The van der Waals surface area contributed by atoms with Crippen LogP contribution in [0.3, 0.4) is 0 Å².